The average molecular weight is 401 g/mol. The number of carbonyl (C=O) groups excluding carboxylic acids is 1. The van der Waals surface area contributed by atoms with Crippen LogP contribution in [-0.4, -0.2) is 31.0 Å². The van der Waals surface area contributed by atoms with Crippen LogP contribution in [0, 0.1) is 0 Å². The van der Waals surface area contributed by atoms with Crippen molar-refractivity contribution in [2.24, 2.45) is 0 Å². The number of halogens is 3. The van der Waals surface area contributed by atoms with E-state index >= 15 is 0 Å². The zero-order valence-corrected chi connectivity index (χ0v) is 16.6. The molecule has 0 aliphatic carbocycles. The predicted octanol–water partition coefficient (Wildman–Crippen LogP) is 0.681. The van der Waals surface area contributed by atoms with E-state index in [-0.39, 0.29) is 31.4 Å². The summed E-state index contributed by atoms with van der Waals surface area (Å²) in [6, 6.07) is 14.1. The summed E-state index contributed by atoms with van der Waals surface area (Å²) in [6.45, 7) is 1.25. The molecule has 8 heteroatoms. The van der Waals surface area contributed by atoms with Crippen LogP contribution in [-0.2, 0) is 11.0 Å². The molecule has 0 aromatic heterocycles. The molecule has 29 heavy (non-hydrogen) atoms. The van der Waals surface area contributed by atoms with Crippen LogP contribution < -0.4 is 28.7 Å². The monoisotopic (exact) mass is 401 g/mol. The van der Waals surface area contributed by atoms with Gasteiger partial charge in [-0.05, 0) is 56.3 Å². The minimum Gasteiger partial charge on any atom is -0.550 e. The van der Waals surface area contributed by atoms with E-state index in [0.29, 0.717) is 31.7 Å². The van der Waals surface area contributed by atoms with Gasteiger partial charge in [0.05, 0.1) is 5.56 Å². The normalized spacial score (nSPS) is 12.3. The van der Waals surface area contributed by atoms with Gasteiger partial charge in [0.25, 0.3) is 0 Å². The van der Waals surface area contributed by atoms with E-state index in [1.54, 1.807) is 0 Å². The fourth-order valence-corrected chi connectivity index (χ4v) is 2.79. The van der Waals surface area contributed by atoms with Crippen molar-refractivity contribution in [3.63, 3.8) is 0 Å². The van der Waals surface area contributed by atoms with Gasteiger partial charge in [-0.1, -0.05) is 30.3 Å². The van der Waals surface area contributed by atoms with Crippen LogP contribution in [0.1, 0.15) is 36.5 Å². The third kappa shape index (κ3) is 8.95. The van der Waals surface area contributed by atoms with Gasteiger partial charge in [0.15, 0.2) is 0 Å². The van der Waals surface area contributed by atoms with E-state index in [1.165, 1.54) is 12.1 Å². The molecule has 0 saturated carbocycles. The van der Waals surface area contributed by atoms with Gasteiger partial charge in [-0.2, -0.15) is 13.2 Å². The number of aliphatic carboxylic acids is 1. The average Bonchev–Trinajstić information content (AvgIpc) is 2.65. The Balaban J connectivity index is 0.00000420. The van der Waals surface area contributed by atoms with E-state index in [2.05, 4.69) is 0 Å². The standard InChI is InChI=1S/C21H24F3NO3.Li/c1-25(14-5-8-20(26)27)15-13-19(16-6-3-2-4-7-16)28-18-11-9-17(10-12-18)21(22,23)24;/h2-4,6-7,9-12,19H,5,8,13-15H2,1H3,(H,26,27);/q;+1/p-1/t19-;/m1./s1. The summed E-state index contributed by atoms with van der Waals surface area (Å²) in [6.07, 6.45) is -3.61. The summed E-state index contributed by atoms with van der Waals surface area (Å²) < 4.78 is 44.1. The molecule has 0 fully saturated rings. The smallest absolute Gasteiger partial charge is 0.550 e. The SMILES string of the molecule is CN(CCCC(=O)[O-])CC[C@@H](Oc1ccc(C(F)(F)F)cc1)c1ccccc1.[Li+]. The van der Waals surface area contributed by atoms with Gasteiger partial charge in [-0.25, -0.2) is 0 Å². The summed E-state index contributed by atoms with van der Waals surface area (Å²) in [7, 11) is 1.88. The minimum absolute atomic E-state index is 0. The minimum atomic E-state index is -4.38. The summed E-state index contributed by atoms with van der Waals surface area (Å²) in [5.41, 5.74) is 0.203. The zero-order valence-electron chi connectivity index (χ0n) is 16.6. The Kier molecular flexibility index (Phi) is 10.3. The van der Waals surface area contributed by atoms with Crippen LogP contribution in [0.4, 0.5) is 13.2 Å². The molecule has 0 aliphatic rings. The fourth-order valence-electron chi connectivity index (χ4n) is 2.79. The number of carboxylic acids is 1. The number of ether oxygens (including phenoxy) is 1. The second-order valence-electron chi connectivity index (χ2n) is 6.61. The van der Waals surface area contributed by atoms with E-state index in [9.17, 15) is 23.1 Å². The molecule has 0 spiro atoms. The molecule has 0 heterocycles. The third-order valence-corrected chi connectivity index (χ3v) is 4.33. The molecule has 0 bridgehead atoms. The fraction of sp³-hybridized carbons (Fsp3) is 0.381. The number of hydrogen-bond donors (Lipinski definition) is 0. The van der Waals surface area contributed by atoms with E-state index < -0.39 is 17.7 Å². The molecule has 0 N–H and O–H groups in total. The van der Waals surface area contributed by atoms with Crippen molar-refractivity contribution in [1.29, 1.82) is 0 Å². The van der Waals surface area contributed by atoms with Gasteiger partial charge in [-0.15, -0.1) is 0 Å². The quantitative estimate of drug-likeness (QED) is 0.550. The van der Waals surface area contributed by atoms with Crippen LogP contribution >= 0.6 is 0 Å². The molecule has 0 radical (unpaired) electrons. The Hall–Kier alpha value is -1.94. The molecule has 0 amide bonds. The Morgan fingerprint density at radius 3 is 2.24 bits per heavy atom. The summed E-state index contributed by atoms with van der Waals surface area (Å²) in [5.74, 6) is -0.706. The maximum absolute atomic E-state index is 12.7. The summed E-state index contributed by atoms with van der Waals surface area (Å²) in [4.78, 5) is 12.5. The van der Waals surface area contributed by atoms with Gasteiger partial charge < -0.3 is 19.5 Å². The van der Waals surface area contributed by atoms with Crippen molar-refractivity contribution < 1.29 is 46.7 Å². The van der Waals surface area contributed by atoms with Gasteiger partial charge >= 0.3 is 25.0 Å². The summed E-state index contributed by atoms with van der Waals surface area (Å²) >= 11 is 0. The van der Waals surface area contributed by atoms with Gasteiger partial charge in [-0.3, -0.25) is 0 Å². The Morgan fingerprint density at radius 2 is 1.69 bits per heavy atom. The summed E-state index contributed by atoms with van der Waals surface area (Å²) in [5, 5.41) is 10.5. The maximum Gasteiger partial charge on any atom is 1.00 e. The number of benzene rings is 2. The van der Waals surface area contributed by atoms with Crippen molar-refractivity contribution >= 4 is 5.97 Å². The van der Waals surface area contributed by atoms with Crippen LogP contribution in [0.5, 0.6) is 5.75 Å². The van der Waals surface area contributed by atoms with Gasteiger partial charge in [0.1, 0.15) is 11.9 Å². The van der Waals surface area contributed by atoms with Gasteiger partial charge in [0.2, 0.25) is 0 Å². The van der Waals surface area contributed by atoms with Crippen molar-refractivity contribution in [2.45, 2.75) is 31.5 Å². The maximum atomic E-state index is 12.7. The second-order valence-corrected chi connectivity index (χ2v) is 6.61. The topological polar surface area (TPSA) is 52.6 Å². The number of carbonyl (C=O) groups is 1. The zero-order chi connectivity index (χ0) is 20.6. The first-order valence-corrected chi connectivity index (χ1v) is 9.03. The van der Waals surface area contributed by atoms with Gasteiger partial charge in [0, 0.05) is 18.9 Å². The first-order chi connectivity index (χ1) is 13.3. The van der Waals surface area contributed by atoms with Crippen molar-refractivity contribution in [3.8, 4) is 5.75 Å². The first-order valence-electron chi connectivity index (χ1n) is 9.03. The molecule has 0 saturated heterocycles. The number of hydrogen-bond acceptors (Lipinski definition) is 4. The molecular formula is C21H23F3LiNO3. The van der Waals surface area contributed by atoms with Crippen LogP contribution in [0.25, 0.3) is 0 Å². The van der Waals surface area contributed by atoms with Crippen molar-refractivity contribution in [2.75, 3.05) is 20.1 Å². The molecule has 2 aromatic carbocycles. The predicted molar refractivity (Wildman–Crippen MR) is 97.6 cm³/mol. The number of alkyl halides is 3. The van der Waals surface area contributed by atoms with Crippen LogP contribution in [0.3, 0.4) is 0 Å². The molecule has 2 rings (SSSR count). The van der Waals surface area contributed by atoms with Crippen LogP contribution in [0.15, 0.2) is 54.6 Å². The Labute approximate surface area is 180 Å². The number of nitrogens with zero attached hydrogens (tertiary/aromatic N) is 1. The van der Waals surface area contributed by atoms with Crippen LogP contribution in [0.2, 0.25) is 0 Å². The molecule has 4 nitrogen and oxygen atoms in total. The molecule has 152 valence electrons. The van der Waals surface area contributed by atoms with E-state index in [1.807, 2.05) is 42.3 Å². The molecular weight excluding hydrogens is 378 g/mol. The van der Waals surface area contributed by atoms with E-state index in [0.717, 1.165) is 17.7 Å². The molecule has 2 aromatic rings. The Bertz CT molecular complexity index is 739. The molecule has 0 aliphatic heterocycles. The second kappa shape index (κ2) is 11.9. The number of carboxylic acid groups (broad SMARTS) is 1. The Morgan fingerprint density at radius 1 is 1.07 bits per heavy atom. The van der Waals surface area contributed by atoms with Crippen molar-refractivity contribution in [3.05, 3.63) is 65.7 Å². The number of rotatable bonds is 10. The molecule has 1 atom stereocenters. The largest absolute Gasteiger partial charge is 1.00 e. The first kappa shape index (κ1) is 25.1. The molecule has 0 unspecified atom stereocenters. The van der Waals surface area contributed by atoms with Crippen molar-refractivity contribution in [1.82, 2.24) is 4.90 Å². The third-order valence-electron chi connectivity index (χ3n) is 4.33. The van der Waals surface area contributed by atoms with E-state index in [4.69, 9.17) is 4.74 Å².